The molecule has 15 heavy (non-hydrogen) atoms. The first-order valence-electron chi connectivity index (χ1n) is 4.02. The zero-order valence-corrected chi connectivity index (χ0v) is 7.84. The van der Waals surface area contributed by atoms with Crippen molar-refractivity contribution in [3.05, 3.63) is 39.9 Å². The normalized spacial score (nSPS) is 11.9. The molecule has 0 amide bonds. The van der Waals surface area contributed by atoms with Gasteiger partial charge in [0.25, 0.3) is 5.69 Å². The van der Waals surface area contributed by atoms with Gasteiger partial charge in [-0.2, -0.15) is 0 Å². The maximum atomic E-state index is 13.2. The lowest BCUT2D eigenvalue weighted by Crippen LogP contribution is -2.09. The van der Waals surface area contributed by atoms with Crippen LogP contribution in [-0.2, 0) is 9.53 Å². The summed E-state index contributed by atoms with van der Waals surface area (Å²) in [5.41, 5.74) is -0.122. The quantitative estimate of drug-likeness (QED) is 0.436. The van der Waals surface area contributed by atoms with E-state index in [4.69, 9.17) is 0 Å². The summed E-state index contributed by atoms with van der Waals surface area (Å²) < 4.78 is 17.4. The Hall–Kier alpha value is -1.98. The highest BCUT2D eigenvalue weighted by Crippen LogP contribution is 2.21. The lowest BCUT2D eigenvalue weighted by molar-refractivity contribution is -0.384. The zero-order valence-electron chi connectivity index (χ0n) is 7.84. The molecule has 1 atom stereocenters. The molecule has 1 aromatic rings. The van der Waals surface area contributed by atoms with Crippen LogP contribution in [0.3, 0.4) is 0 Å². The lowest BCUT2D eigenvalue weighted by Gasteiger charge is -2.05. The van der Waals surface area contributed by atoms with E-state index in [2.05, 4.69) is 4.74 Å². The minimum atomic E-state index is -1.91. The van der Waals surface area contributed by atoms with Crippen molar-refractivity contribution < 1.29 is 18.8 Å². The first-order chi connectivity index (χ1) is 7.06. The highest BCUT2D eigenvalue weighted by Gasteiger charge is 2.20. The third-order valence-electron chi connectivity index (χ3n) is 1.80. The Labute approximate surface area is 84.6 Å². The maximum Gasteiger partial charge on any atom is 0.345 e. The summed E-state index contributed by atoms with van der Waals surface area (Å²) in [5, 5.41) is 10.3. The van der Waals surface area contributed by atoms with Gasteiger partial charge >= 0.3 is 5.97 Å². The molecule has 0 fully saturated rings. The van der Waals surface area contributed by atoms with E-state index >= 15 is 0 Å². The zero-order chi connectivity index (χ0) is 11.4. The number of benzene rings is 1. The van der Waals surface area contributed by atoms with Gasteiger partial charge in [0.1, 0.15) is 0 Å². The van der Waals surface area contributed by atoms with Crippen LogP contribution < -0.4 is 0 Å². The van der Waals surface area contributed by atoms with E-state index in [9.17, 15) is 19.3 Å². The number of methoxy groups -OCH3 is 1. The van der Waals surface area contributed by atoms with Crippen LogP contribution in [0.2, 0.25) is 0 Å². The molecular weight excluding hydrogens is 205 g/mol. The van der Waals surface area contributed by atoms with Crippen LogP contribution in [0.1, 0.15) is 11.7 Å². The topological polar surface area (TPSA) is 69.4 Å². The van der Waals surface area contributed by atoms with Crippen LogP contribution in [0.15, 0.2) is 24.3 Å². The van der Waals surface area contributed by atoms with E-state index in [0.29, 0.717) is 0 Å². The second kappa shape index (κ2) is 4.50. The largest absolute Gasteiger partial charge is 0.467 e. The first kappa shape index (κ1) is 11.1. The number of non-ortho nitro benzene ring substituents is 1. The van der Waals surface area contributed by atoms with E-state index in [1.807, 2.05) is 0 Å². The molecule has 0 saturated carbocycles. The van der Waals surface area contributed by atoms with Crippen LogP contribution >= 0.6 is 0 Å². The van der Waals surface area contributed by atoms with Crippen LogP contribution in [0.4, 0.5) is 10.1 Å². The summed E-state index contributed by atoms with van der Waals surface area (Å²) in [7, 11) is 1.07. The molecule has 0 spiro atoms. The molecule has 5 nitrogen and oxygen atoms in total. The van der Waals surface area contributed by atoms with Crippen LogP contribution in [0.25, 0.3) is 0 Å². The molecule has 0 N–H and O–H groups in total. The van der Waals surface area contributed by atoms with Gasteiger partial charge in [0, 0.05) is 12.1 Å². The Balaban J connectivity index is 2.89. The van der Waals surface area contributed by atoms with E-state index in [1.165, 1.54) is 12.1 Å². The Morgan fingerprint density at radius 3 is 2.40 bits per heavy atom. The lowest BCUT2D eigenvalue weighted by atomic mass is 10.1. The molecule has 1 aromatic carbocycles. The van der Waals surface area contributed by atoms with Crippen LogP contribution in [0.5, 0.6) is 0 Å². The molecule has 0 aliphatic rings. The number of halogens is 1. The van der Waals surface area contributed by atoms with Gasteiger partial charge in [0.2, 0.25) is 6.17 Å². The van der Waals surface area contributed by atoms with Gasteiger partial charge in [-0.25, -0.2) is 9.18 Å². The third-order valence-corrected chi connectivity index (χ3v) is 1.80. The average Bonchev–Trinajstić information content (AvgIpc) is 2.27. The molecule has 1 unspecified atom stereocenters. The summed E-state index contributed by atoms with van der Waals surface area (Å²) in [6, 6.07) is 4.62. The molecule has 0 aromatic heterocycles. The Morgan fingerprint density at radius 1 is 1.47 bits per heavy atom. The summed E-state index contributed by atoms with van der Waals surface area (Å²) >= 11 is 0. The van der Waals surface area contributed by atoms with E-state index in [-0.39, 0.29) is 11.3 Å². The van der Waals surface area contributed by atoms with Gasteiger partial charge in [-0.3, -0.25) is 10.1 Å². The molecule has 0 radical (unpaired) electrons. The van der Waals surface area contributed by atoms with Gasteiger partial charge in [0.15, 0.2) is 0 Å². The van der Waals surface area contributed by atoms with E-state index in [1.54, 1.807) is 0 Å². The van der Waals surface area contributed by atoms with Gasteiger partial charge in [-0.05, 0) is 17.7 Å². The highest BCUT2D eigenvalue weighted by atomic mass is 19.1. The van der Waals surface area contributed by atoms with Gasteiger partial charge in [-0.1, -0.05) is 0 Å². The van der Waals surface area contributed by atoms with Crippen molar-refractivity contribution in [1.29, 1.82) is 0 Å². The summed E-state index contributed by atoms with van der Waals surface area (Å²) in [5.74, 6) is -1.02. The van der Waals surface area contributed by atoms with Crippen molar-refractivity contribution in [1.82, 2.24) is 0 Å². The van der Waals surface area contributed by atoms with Gasteiger partial charge < -0.3 is 4.74 Å². The number of nitrogens with zero attached hydrogens (tertiary/aromatic N) is 1. The minimum absolute atomic E-state index is 0.0347. The smallest absolute Gasteiger partial charge is 0.345 e. The Kier molecular flexibility index (Phi) is 3.33. The highest BCUT2D eigenvalue weighted by molar-refractivity contribution is 5.76. The average molecular weight is 213 g/mol. The number of esters is 1. The molecule has 1 rings (SSSR count). The molecule has 0 aliphatic heterocycles. The standard InChI is InChI=1S/C9H8FNO4/c1-15-9(12)8(10)6-2-4-7(5-3-6)11(13)14/h2-5,8H,1H3. The number of ether oxygens (including phenoxy) is 1. The first-order valence-corrected chi connectivity index (χ1v) is 4.02. The van der Waals surface area contributed by atoms with Crippen molar-refractivity contribution >= 4 is 11.7 Å². The second-order valence-electron chi connectivity index (χ2n) is 2.73. The Bertz CT molecular complexity index is 376. The number of nitro benzene ring substituents is 1. The predicted octanol–water partition coefficient (Wildman–Crippen LogP) is 1.78. The Morgan fingerprint density at radius 2 is 2.00 bits per heavy atom. The number of hydrogen-bond donors (Lipinski definition) is 0. The summed E-state index contributed by atoms with van der Waals surface area (Å²) in [6.45, 7) is 0. The fourth-order valence-electron chi connectivity index (χ4n) is 1.00. The molecule has 0 bridgehead atoms. The van der Waals surface area contributed by atoms with Crippen molar-refractivity contribution in [2.45, 2.75) is 6.17 Å². The van der Waals surface area contributed by atoms with Gasteiger partial charge in [-0.15, -0.1) is 0 Å². The van der Waals surface area contributed by atoms with Gasteiger partial charge in [0.05, 0.1) is 12.0 Å². The van der Waals surface area contributed by atoms with Crippen LogP contribution in [0, 0.1) is 10.1 Å². The minimum Gasteiger partial charge on any atom is -0.467 e. The van der Waals surface area contributed by atoms with Crippen molar-refractivity contribution in [2.24, 2.45) is 0 Å². The SMILES string of the molecule is COC(=O)C(F)c1ccc([N+](=O)[O-])cc1. The molecule has 0 saturated heterocycles. The maximum absolute atomic E-state index is 13.2. The number of rotatable bonds is 3. The van der Waals surface area contributed by atoms with E-state index in [0.717, 1.165) is 19.2 Å². The molecule has 6 heteroatoms. The monoisotopic (exact) mass is 213 g/mol. The summed E-state index contributed by atoms with van der Waals surface area (Å²) in [4.78, 5) is 20.5. The predicted molar refractivity (Wildman–Crippen MR) is 49.0 cm³/mol. The number of carbonyl (C=O) groups is 1. The number of alkyl halides is 1. The van der Waals surface area contributed by atoms with Crippen molar-refractivity contribution in [3.8, 4) is 0 Å². The number of hydrogen-bond acceptors (Lipinski definition) is 4. The summed E-state index contributed by atoms with van der Waals surface area (Å²) in [6.07, 6.45) is -1.91. The number of carbonyl (C=O) groups excluding carboxylic acids is 1. The molecule has 0 heterocycles. The fraction of sp³-hybridized carbons (Fsp3) is 0.222. The van der Waals surface area contributed by atoms with E-state index < -0.39 is 17.1 Å². The third kappa shape index (κ3) is 2.49. The fourth-order valence-corrected chi connectivity index (χ4v) is 1.00. The molecule has 0 aliphatic carbocycles. The molecular formula is C9H8FNO4. The van der Waals surface area contributed by atoms with Crippen LogP contribution in [-0.4, -0.2) is 18.0 Å². The van der Waals surface area contributed by atoms with Crippen molar-refractivity contribution in [2.75, 3.05) is 7.11 Å². The molecule has 80 valence electrons. The number of nitro groups is 1. The van der Waals surface area contributed by atoms with Crippen molar-refractivity contribution in [3.63, 3.8) is 0 Å². The second-order valence-corrected chi connectivity index (χ2v) is 2.73.